The minimum absolute atomic E-state index is 0.0807. The van der Waals surface area contributed by atoms with Gasteiger partial charge >= 0.3 is 5.69 Å². The summed E-state index contributed by atoms with van der Waals surface area (Å²) >= 11 is 9.62. The number of nitrogens with one attached hydrogen (secondary N) is 1. The first-order valence-corrected chi connectivity index (χ1v) is 15.2. The molecule has 1 aliphatic carbocycles. The number of benzene rings is 3. The average molecular weight is 666 g/mol. The van der Waals surface area contributed by atoms with Crippen LogP contribution in [0.25, 0.3) is 5.69 Å². The van der Waals surface area contributed by atoms with Gasteiger partial charge in [-0.15, -0.1) is 0 Å². The van der Waals surface area contributed by atoms with E-state index in [1.165, 1.54) is 4.57 Å². The minimum Gasteiger partial charge on any atom is -0.497 e. The lowest BCUT2D eigenvalue weighted by Gasteiger charge is -2.28. The number of amides is 2. The zero-order valence-corrected chi connectivity index (χ0v) is 26.0. The van der Waals surface area contributed by atoms with Crippen molar-refractivity contribution in [1.82, 2.24) is 19.4 Å². The van der Waals surface area contributed by atoms with Gasteiger partial charge in [-0.25, -0.2) is 4.79 Å². The summed E-state index contributed by atoms with van der Waals surface area (Å²) in [7, 11) is 1.60. The van der Waals surface area contributed by atoms with Crippen LogP contribution >= 0.6 is 27.5 Å². The fraction of sp³-hybridized carbons (Fsp3) is 0.281. The second-order valence-corrected chi connectivity index (χ2v) is 12.0. The molecule has 2 amide bonds. The summed E-state index contributed by atoms with van der Waals surface area (Å²) in [5.74, 6) is 0.768. The van der Waals surface area contributed by atoms with Crippen LogP contribution in [0.2, 0.25) is 5.02 Å². The molecule has 1 aliphatic heterocycles. The summed E-state index contributed by atoms with van der Waals surface area (Å²) in [5.41, 5.74) is 2.15. The number of methoxy groups -OCH3 is 1. The van der Waals surface area contributed by atoms with E-state index in [2.05, 4.69) is 21.2 Å². The number of imidazole rings is 1. The molecule has 222 valence electrons. The molecule has 0 radical (unpaired) electrons. The Morgan fingerprint density at radius 1 is 1.00 bits per heavy atom. The van der Waals surface area contributed by atoms with Crippen LogP contribution in [0, 0.1) is 0 Å². The maximum atomic E-state index is 14.0. The molecule has 4 aromatic rings. The fourth-order valence-electron chi connectivity index (χ4n) is 5.21. The Kier molecular flexibility index (Phi) is 8.07. The van der Waals surface area contributed by atoms with Gasteiger partial charge in [0.1, 0.15) is 17.2 Å². The standard InChI is InChI=1S/C32H30BrClN4O5/c1-19(20-3-8-23(42-2)9-4-20)35-30(39)29-28-18-36(31(40)21-5-14-26(33)27(34)17-21)15-16-37(28)32(41)38(29)22-6-10-24(11-7-22)43-25-12-13-25/h3-11,14,17,19,25H,12-13,15-16,18H2,1-2H3,(H,35,39)/t19-/m0/s1. The highest BCUT2D eigenvalue weighted by molar-refractivity contribution is 9.10. The van der Waals surface area contributed by atoms with E-state index >= 15 is 0 Å². The van der Waals surface area contributed by atoms with E-state index in [0.29, 0.717) is 44.5 Å². The predicted octanol–water partition coefficient (Wildman–Crippen LogP) is 5.75. The molecule has 1 N–H and O–H groups in total. The van der Waals surface area contributed by atoms with Crippen LogP contribution in [0.3, 0.4) is 0 Å². The zero-order valence-electron chi connectivity index (χ0n) is 23.7. The number of carbonyl (C=O) groups is 2. The van der Waals surface area contributed by atoms with Crippen LogP contribution < -0.4 is 20.5 Å². The molecule has 2 heterocycles. The number of hydrogen-bond acceptors (Lipinski definition) is 5. The molecule has 0 spiro atoms. The lowest BCUT2D eigenvalue weighted by atomic mass is 10.1. The number of hydrogen-bond donors (Lipinski definition) is 1. The topological polar surface area (TPSA) is 94.8 Å². The smallest absolute Gasteiger partial charge is 0.333 e. The maximum absolute atomic E-state index is 14.0. The lowest BCUT2D eigenvalue weighted by molar-refractivity contribution is 0.0706. The monoisotopic (exact) mass is 664 g/mol. The van der Waals surface area contributed by atoms with Gasteiger partial charge in [0.25, 0.3) is 11.8 Å². The third kappa shape index (κ3) is 5.94. The summed E-state index contributed by atoms with van der Waals surface area (Å²) in [6.07, 6.45) is 2.30. The molecule has 1 fully saturated rings. The van der Waals surface area contributed by atoms with Crippen molar-refractivity contribution in [3.63, 3.8) is 0 Å². The van der Waals surface area contributed by atoms with Crippen LogP contribution in [0.5, 0.6) is 11.5 Å². The Bertz CT molecular complexity index is 1750. The van der Waals surface area contributed by atoms with Crippen LogP contribution in [0.15, 0.2) is 76.0 Å². The largest absolute Gasteiger partial charge is 0.497 e. The van der Waals surface area contributed by atoms with Crippen molar-refractivity contribution in [3.05, 3.63) is 109 Å². The van der Waals surface area contributed by atoms with Gasteiger partial charge in [0, 0.05) is 23.1 Å². The molecule has 1 atom stereocenters. The molecule has 0 saturated heterocycles. The van der Waals surface area contributed by atoms with E-state index < -0.39 is 5.91 Å². The van der Waals surface area contributed by atoms with Crippen LogP contribution in [0.4, 0.5) is 0 Å². The molecule has 9 nitrogen and oxygen atoms in total. The normalized spacial score (nSPS) is 15.0. The van der Waals surface area contributed by atoms with Crippen molar-refractivity contribution < 1.29 is 19.1 Å². The third-order valence-corrected chi connectivity index (χ3v) is 8.97. The van der Waals surface area contributed by atoms with E-state index in [9.17, 15) is 14.4 Å². The summed E-state index contributed by atoms with van der Waals surface area (Å²) < 4.78 is 14.8. The molecule has 0 bridgehead atoms. The minimum atomic E-state index is -0.423. The Morgan fingerprint density at radius 3 is 2.35 bits per heavy atom. The van der Waals surface area contributed by atoms with Gasteiger partial charge in [-0.3, -0.25) is 18.7 Å². The van der Waals surface area contributed by atoms with Crippen LogP contribution in [-0.2, 0) is 13.1 Å². The number of nitrogens with zero attached hydrogens (tertiary/aromatic N) is 3. The molecule has 1 saturated carbocycles. The van der Waals surface area contributed by atoms with Gasteiger partial charge < -0.3 is 19.7 Å². The molecule has 43 heavy (non-hydrogen) atoms. The molecule has 11 heteroatoms. The zero-order chi connectivity index (χ0) is 30.2. The second-order valence-electron chi connectivity index (χ2n) is 10.7. The Hall–Kier alpha value is -4.02. The summed E-state index contributed by atoms with van der Waals surface area (Å²) in [6.45, 7) is 2.51. The Labute approximate surface area is 262 Å². The van der Waals surface area contributed by atoms with Gasteiger partial charge in [0.05, 0.1) is 42.2 Å². The molecule has 2 aliphatic rings. The predicted molar refractivity (Wildman–Crippen MR) is 166 cm³/mol. The molecule has 3 aromatic carbocycles. The van der Waals surface area contributed by atoms with E-state index in [4.69, 9.17) is 21.1 Å². The van der Waals surface area contributed by atoms with E-state index in [1.807, 2.05) is 43.3 Å². The molecule has 6 rings (SSSR count). The van der Waals surface area contributed by atoms with Gasteiger partial charge in [-0.1, -0.05) is 23.7 Å². The maximum Gasteiger partial charge on any atom is 0.333 e. The van der Waals surface area contributed by atoms with Gasteiger partial charge in [0.15, 0.2) is 0 Å². The molecule has 0 unspecified atom stereocenters. The highest BCUT2D eigenvalue weighted by atomic mass is 79.9. The first-order chi connectivity index (χ1) is 20.7. The summed E-state index contributed by atoms with van der Waals surface area (Å²) in [4.78, 5) is 43.0. The lowest BCUT2D eigenvalue weighted by Crippen LogP contribution is -2.41. The third-order valence-electron chi connectivity index (χ3n) is 7.73. The van der Waals surface area contributed by atoms with E-state index in [0.717, 1.165) is 18.4 Å². The van der Waals surface area contributed by atoms with Crippen molar-refractivity contribution in [2.75, 3.05) is 13.7 Å². The van der Waals surface area contributed by atoms with Crippen molar-refractivity contribution in [3.8, 4) is 17.2 Å². The van der Waals surface area contributed by atoms with Gasteiger partial charge in [-0.2, -0.15) is 0 Å². The van der Waals surface area contributed by atoms with Crippen molar-refractivity contribution in [1.29, 1.82) is 0 Å². The SMILES string of the molecule is COc1ccc([C@H](C)NC(=O)c2c3n(c(=O)n2-c2ccc(OC4CC4)cc2)CCN(C(=O)c2ccc(Br)c(Cl)c2)C3)cc1. The first kappa shape index (κ1) is 29.1. The number of rotatable bonds is 8. The number of carbonyl (C=O) groups excluding carboxylic acids is 2. The van der Waals surface area contributed by atoms with Crippen LogP contribution in [0.1, 0.15) is 57.9 Å². The van der Waals surface area contributed by atoms with E-state index in [1.54, 1.807) is 46.9 Å². The molecular formula is C32H30BrClN4O5. The van der Waals surface area contributed by atoms with E-state index in [-0.39, 0.29) is 42.5 Å². The number of fused-ring (bicyclic) bond motifs is 1. The quantitative estimate of drug-likeness (QED) is 0.259. The Balaban J connectivity index is 1.36. The number of aromatic nitrogens is 2. The van der Waals surface area contributed by atoms with Gasteiger partial charge in [0.2, 0.25) is 0 Å². The molecular weight excluding hydrogens is 636 g/mol. The first-order valence-electron chi connectivity index (χ1n) is 14.0. The second kappa shape index (κ2) is 11.9. The molecule has 1 aromatic heterocycles. The average Bonchev–Trinajstić information content (AvgIpc) is 3.79. The van der Waals surface area contributed by atoms with Crippen molar-refractivity contribution >= 4 is 39.3 Å². The van der Waals surface area contributed by atoms with Crippen LogP contribution in [-0.4, -0.2) is 45.6 Å². The highest BCUT2D eigenvalue weighted by Crippen LogP contribution is 2.29. The summed E-state index contributed by atoms with van der Waals surface area (Å²) in [6, 6.07) is 19.3. The van der Waals surface area contributed by atoms with Crippen molar-refractivity contribution in [2.24, 2.45) is 0 Å². The highest BCUT2D eigenvalue weighted by Gasteiger charge is 2.33. The Morgan fingerprint density at radius 2 is 1.70 bits per heavy atom. The number of halogens is 2. The fourth-order valence-corrected chi connectivity index (χ4v) is 5.64. The number of ether oxygens (including phenoxy) is 2. The van der Waals surface area contributed by atoms with Crippen molar-refractivity contribution in [2.45, 2.75) is 45.0 Å². The summed E-state index contributed by atoms with van der Waals surface area (Å²) in [5, 5.41) is 3.48. The van der Waals surface area contributed by atoms with Gasteiger partial charge in [-0.05, 0) is 95.9 Å².